The van der Waals surface area contributed by atoms with Crippen molar-refractivity contribution < 1.29 is 0 Å². The molecule has 0 aliphatic rings. The normalized spacial score (nSPS) is 10.3. The molecule has 3 rings (SSSR count). The molecule has 1 aromatic heterocycles. The number of anilines is 3. The molecule has 0 bridgehead atoms. The largest absolute Gasteiger partial charge is 0.378 e. The van der Waals surface area contributed by atoms with E-state index in [1.165, 1.54) is 0 Å². The molecule has 6 nitrogen and oxygen atoms in total. The van der Waals surface area contributed by atoms with Gasteiger partial charge in [-0.2, -0.15) is 0 Å². The number of nitrogens with zero attached hydrogens (tertiary/aromatic N) is 3. The van der Waals surface area contributed by atoms with Gasteiger partial charge in [-0.1, -0.05) is 36.4 Å². The Labute approximate surface area is 133 Å². The van der Waals surface area contributed by atoms with Crippen molar-refractivity contribution in [3.8, 4) is 11.3 Å². The molecule has 0 radical (unpaired) electrons. The molecule has 0 spiro atoms. The SMILES string of the molecule is CN(C)c1cccc(Nc2nnc(-c3ccccc3)c(=O)[nH]2)c1. The van der Waals surface area contributed by atoms with Gasteiger partial charge in [0, 0.05) is 31.0 Å². The van der Waals surface area contributed by atoms with Crippen molar-refractivity contribution in [1.29, 1.82) is 0 Å². The van der Waals surface area contributed by atoms with E-state index < -0.39 is 0 Å². The van der Waals surface area contributed by atoms with E-state index in [9.17, 15) is 4.79 Å². The standard InChI is InChI=1S/C17H17N5O/c1-22(2)14-10-6-9-13(11-14)18-17-19-16(23)15(20-21-17)12-7-4-3-5-8-12/h3-11H,1-2H3,(H2,18,19,21,23). The molecular formula is C17H17N5O. The molecule has 0 saturated heterocycles. The van der Waals surface area contributed by atoms with Crippen LogP contribution in [0.25, 0.3) is 11.3 Å². The van der Waals surface area contributed by atoms with Crippen LogP contribution < -0.4 is 15.8 Å². The Morgan fingerprint density at radius 2 is 1.78 bits per heavy atom. The number of aromatic nitrogens is 3. The topological polar surface area (TPSA) is 73.9 Å². The fraction of sp³-hybridized carbons (Fsp3) is 0.118. The van der Waals surface area contributed by atoms with Crippen molar-refractivity contribution in [3.05, 3.63) is 65.0 Å². The van der Waals surface area contributed by atoms with Gasteiger partial charge in [0.1, 0.15) is 0 Å². The molecular weight excluding hydrogens is 290 g/mol. The highest BCUT2D eigenvalue weighted by Gasteiger charge is 2.07. The summed E-state index contributed by atoms with van der Waals surface area (Å²) in [6, 6.07) is 17.0. The summed E-state index contributed by atoms with van der Waals surface area (Å²) in [5.74, 6) is 0.311. The van der Waals surface area contributed by atoms with Crippen LogP contribution in [-0.2, 0) is 0 Å². The minimum Gasteiger partial charge on any atom is -0.378 e. The molecule has 6 heteroatoms. The van der Waals surface area contributed by atoms with Crippen LogP contribution >= 0.6 is 0 Å². The van der Waals surface area contributed by atoms with E-state index in [0.717, 1.165) is 16.9 Å². The second kappa shape index (κ2) is 6.31. The number of hydrogen-bond acceptors (Lipinski definition) is 5. The van der Waals surface area contributed by atoms with E-state index in [2.05, 4.69) is 20.5 Å². The summed E-state index contributed by atoms with van der Waals surface area (Å²) in [7, 11) is 3.94. The first kappa shape index (κ1) is 14.8. The quantitative estimate of drug-likeness (QED) is 0.775. The Morgan fingerprint density at radius 1 is 1.00 bits per heavy atom. The second-order valence-corrected chi connectivity index (χ2v) is 5.29. The Balaban J connectivity index is 1.87. The number of aromatic amines is 1. The van der Waals surface area contributed by atoms with Gasteiger partial charge >= 0.3 is 0 Å². The first-order valence-corrected chi connectivity index (χ1v) is 7.20. The summed E-state index contributed by atoms with van der Waals surface area (Å²) in [4.78, 5) is 16.9. The van der Waals surface area contributed by atoms with Crippen LogP contribution in [0.3, 0.4) is 0 Å². The summed E-state index contributed by atoms with van der Waals surface area (Å²) < 4.78 is 0. The number of nitrogens with one attached hydrogen (secondary N) is 2. The molecule has 0 aliphatic heterocycles. The van der Waals surface area contributed by atoms with Crippen molar-refractivity contribution in [3.63, 3.8) is 0 Å². The smallest absolute Gasteiger partial charge is 0.279 e. The van der Waals surface area contributed by atoms with Crippen molar-refractivity contribution in [1.82, 2.24) is 15.2 Å². The molecule has 0 atom stereocenters. The maximum absolute atomic E-state index is 12.2. The van der Waals surface area contributed by atoms with Gasteiger partial charge in [0.25, 0.3) is 5.56 Å². The maximum atomic E-state index is 12.2. The fourth-order valence-electron chi connectivity index (χ4n) is 2.18. The second-order valence-electron chi connectivity index (χ2n) is 5.29. The van der Waals surface area contributed by atoms with Crippen LogP contribution in [0.2, 0.25) is 0 Å². The Morgan fingerprint density at radius 3 is 2.48 bits per heavy atom. The number of rotatable bonds is 4. The zero-order valence-corrected chi connectivity index (χ0v) is 12.9. The van der Waals surface area contributed by atoms with Crippen molar-refractivity contribution in [2.45, 2.75) is 0 Å². The summed E-state index contributed by atoms with van der Waals surface area (Å²) in [5.41, 5.74) is 2.64. The monoisotopic (exact) mass is 307 g/mol. The van der Waals surface area contributed by atoms with Crippen LogP contribution in [-0.4, -0.2) is 29.3 Å². The summed E-state index contributed by atoms with van der Waals surface area (Å²) in [6.07, 6.45) is 0. The molecule has 2 N–H and O–H groups in total. The number of benzene rings is 2. The summed E-state index contributed by atoms with van der Waals surface area (Å²) >= 11 is 0. The van der Waals surface area contributed by atoms with Crippen LogP contribution in [0.15, 0.2) is 59.4 Å². The van der Waals surface area contributed by atoms with Crippen molar-refractivity contribution in [2.24, 2.45) is 0 Å². The maximum Gasteiger partial charge on any atom is 0.279 e. The Bertz CT molecular complexity index is 858. The summed E-state index contributed by atoms with van der Waals surface area (Å²) in [5, 5.41) is 11.2. The summed E-state index contributed by atoms with van der Waals surface area (Å²) in [6.45, 7) is 0. The number of hydrogen-bond donors (Lipinski definition) is 2. The molecule has 0 amide bonds. The van der Waals surface area contributed by atoms with Gasteiger partial charge in [0.05, 0.1) is 0 Å². The highest BCUT2D eigenvalue weighted by atomic mass is 16.1. The van der Waals surface area contributed by atoms with Gasteiger partial charge in [0.15, 0.2) is 5.69 Å². The van der Waals surface area contributed by atoms with Crippen LogP contribution in [0.5, 0.6) is 0 Å². The Hall–Kier alpha value is -3.15. The third-order valence-corrected chi connectivity index (χ3v) is 3.37. The van der Waals surface area contributed by atoms with Crippen LogP contribution in [0.1, 0.15) is 0 Å². The van der Waals surface area contributed by atoms with E-state index in [4.69, 9.17) is 0 Å². The lowest BCUT2D eigenvalue weighted by Crippen LogP contribution is -2.15. The van der Waals surface area contributed by atoms with E-state index >= 15 is 0 Å². The predicted molar refractivity (Wildman–Crippen MR) is 92.1 cm³/mol. The van der Waals surface area contributed by atoms with E-state index in [1.807, 2.05) is 73.6 Å². The molecule has 0 fully saturated rings. The average Bonchev–Trinajstić information content (AvgIpc) is 2.56. The molecule has 1 heterocycles. The van der Waals surface area contributed by atoms with Crippen molar-refractivity contribution in [2.75, 3.05) is 24.3 Å². The molecule has 116 valence electrons. The highest BCUT2D eigenvalue weighted by Crippen LogP contribution is 2.19. The van der Waals surface area contributed by atoms with Crippen LogP contribution in [0, 0.1) is 0 Å². The highest BCUT2D eigenvalue weighted by molar-refractivity contribution is 5.62. The van der Waals surface area contributed by atoms with E-state index in [-0.39, 0.29) is 5.56 Å². The molecule has 3 aromatic rings. The molecule has 2 aromatic carbocycles. The average molecular weight is 307 g/mol. The lowest BCUT2D eigenvalue weighted by atomic mass is 10.2. The minimum absolute atomic E-state index is 0.280. The third-order valence-electron chi connectivity index (χ3n) is 3.37. The third kappa shape index (κ3) is 3.37. The fourth-order valence-corrected chi connectivity index (χ4v) is 2.18. The molecule has 23 heavy (non-hydrogen) atoms. The zero-order valence-electron chi connectivity index (χ0n) is 12.9. The molecule has 0 aliphatic carbocycles. The van der Waals surface area contributed by atoms with E-state index in [0.29, 0.717) is 11.6 Å². The van der Waals surface area contributed by atoms with Crippen LogP contribution in [0.4, 0.5) is 17.3 Å². The van der Waals surface area contributed by atoms with Gasteiger partial charge in [-0.25, -0.2) is 0 Å². The van der Waals surface area contributed by atoms with Crippen molar-refractivity contribution >= 4 is 17.3 Å². The zero-order chi connectivity index (χ0) is 16.2. The van der Waals surface area contributed by atoms with Gasteiger partial charge in [-0.3, -0.25) is 9.78 Å². The number of H-pyrrole nitrogens is 1. The van der Waals surface area contributed by atoms with Gasteiger partial charge in [0.2, 0.25) is 5.95 Å². The Kier molecular flexibility index (Phi) is 4.05. The van der Waals surface area contributed by atoms with Gasteiger partial charge < -0.3 is 10.2 Å². The predicted octanol–water partition coefficient (Wildman–Crippen LogP) is 2.64. The minimum atomic E-state index is -0.280. The first-order chi connectivity index (χ1) is 11.1. The van der Waals surface area contributed by atoms with Gasteiger partial charge in [-0.15, -0.1) is 10.2 Å². The lowest BCUT2D eigenvalue weighted by molar-refractivity contribution is 0.962. The van der Waals surface area contributed by atoms with Gasteiger partial charge in [-0.05, 0) is 18.2 Å². The molecule has 0 saturated carbocycles. The molecule has 0 unspecified atom stereocenters. The lowest BCUT2D eigenvalue weighted by Gasteiger charge is -2.14. The van der Waals surface area contributed by atoms with E-state index in [1.54, 1.807) is 0 Å². The first-order valence-electron chi connectivity index (χ1n) is 7.20.